The van der Waals surface area contributed by atoms with Gasteiger partial charge in [-0.05, 0) is 59.3 Å². The molecule has 2 amide bonds. The number of carbonyl (C=O) groups excluding carboxylic acids is 4. The topological polar surface area (TPSA) is 110 Å². The lowest BCUT2D eigenvalue weighted by Crippen LogP contribution is -2.39. The number of allylic oxidation sites excluding steroid dienone is 7. The molecule has 0 bridgehead atoms. The second kappa shape index (κ2) is 9.45. The Morgan fingerprint density at radius 2 is 1.76 bits per heavy atom. The van der Waals surface area contributed by atoms with E-state index >= 15 is 0 Å². The molecule has 8 nitrogen and oxygen atoms in total. The van der Waals surface area contributed by atoms with Crippen molar-refractivity contribution >= 4 is 45.4 Å². The van der Waals surface area contributed by atoms with Gasteiger partial charge in [-0.15, -0.1) is 0 Å². The van der Waals surface area contributed by atoms with Gasteiger partial charge in [0.2, 0.25) is 17.6 Å². The molecule has 1 fully saturated rings. The average Bonchev–Trinajstić information content (AvgIpc) is 3.14. The standard InChI is InChI=1S/C28H26BrNO7/c1-4-30-27(34)16-8-7-14-15(6-5-13-9-21(36-2)26(33)22(10-13)37-3)23-18(11-17(14)24(16)28(30)35)25(32)19(29)12-20(23)31/h5-7,9-10,12,15-17,24,33H,4,8,11H2,1-3H3. The summed E-state index contributed by atoms with van der Waals surface area (Å²) < 4.78 is 10.7. The van der Waals surface area contributed by atoms with Gasteiger partial charge >= 0.3 is 0 Å². The fraction of sp³-hybridized carbons (Fsp3) is 0.357. The number of nitrogens with zero attached hydrogens (tertiary/aromatic N) is 1. The maximum atomic E-state index is 13.3. The summed E-state index contributed by atoms with van der Waals surface area (Å²) in [4.78, 5) is 53.9. The molecular weight excluding hydrogens is 542 g/mol. The van der Waals surface area contributed by atoms with E-state index in [1.54, 1.807) is 25.1 Å². The van der Waals surface area contributed by atoms with E-state index < -0.39 is 17.8 Å². The van der Waals surface area contributed by atoms with Crippen LogP contribution < -0.4 is 9.47 Å². The third-order valence-electron chi connectivity index (χ3n) is 7.77. The van der Waals surface area contributed by atoms with E-state index in [-0.39, 0.29) is 57.5 Å². The van der Waals surface area contributed by atoms with Crippen molar-refractivity contribution in [3.8, 4) is 17.2 Å². The van der Waals surface area contributed by atoms with Gasteiger partial charge in [-0.1, -0.05) is 23.8 Å². The molecule has 1 aromatic rings. The number of hydrogen-bond acceptors (Lipinski definition) is 7. The number of benzene rings is 1. The molecule has 1 heterocycles. The molecule has 0 aromatic heterocycles. The highest BCUT2D eigenvalue weighted by Gasteiger charge is 2.55. The maximum absolute atomic E-state index is 13.3. The Labute approximate surface area is 222 Å². The molecule has 5 rings (SSSR count). The number of methoxy groups -OCH3 is 2. The molecule has 9 heteroatoms. The molecule has 0 saturated carbocycles. The van der Waals surface area contributed by atoms with Crippen molar-refractivity contribution in [1.82, 2.24) is 4.90 Å². The Bertz CT molecular complexity index is 1340. The Hall–Kier alpha value is -3.46. The molecule has 4 aliphatic rings. The van der Waals surface area contributed by atoms with Crippen molar-refractivity contribution in [2.45, 2.75) is 19.8 Å². The molecular formula is C28H26BrNO7. The minimum atomic E-state index is -0.557. The quantitative estimate of drug-likeness (QED) is 0.328. The Morgan fingerprint density at radius 1 is 1.08 bits per heavy atom. The number of fused-ring (bicyclic) bond motifs is 3. The first-order chi connectivity index (χ1) is 17.7. The van der Waals surface area contributed by atoms with Gasteiger partial charge in [0.1, 0.15) is 0 Å². The van der Waals surface area contributed by atoms with Crippen LogP contribution in [0, 0.1) is 23.7 Å². The van der Waals surface area contributed by atoms with Crippen LogP contribution in [0.25, 0.3) is 6.08 Å². The molecule has 1 saturated heterocycles. The summed E-state index contributed by atoms with van der Waals surface area (Å²) in [6, 6.07) is 3.27. The minimum absolute atomic E-state index is 0.126. The normalized spacial score (nSPS) is 27.2. The predicted molar refractivity (Wildman–Crippen MR) is 138 cm³/mol. The average molecular weight is 568 g/mol. The number of phenols is 1. The van der Waals surface area contributed by atoms with Gasteiger partial charge in [-0.25, -0.2) is 0 Å². The number of hydrogen-bond donors (Lipinski definition) is 1. The number of ketones is 2. The van der Waals surface area contributed by atoms with Gasteiger partial charge < -0.3 is 14.6 Å². The Balaban J connectivity index is 1.62. The van der Waals surface area contributed by atoms with Crippen molar-refractivity contribution in [1.29, 1.82) is 0 Å². The molecule has 4 atom stereocenters. The fourth-order valence-electron chi connectivity index (χ4n) is 6.08. The third kappa shape index (κ3) is 3.87. The maximum Gasteiger partial charge on any atom is 0.233 e. The Morgan fingerprint density at radius 3 is 2.38 bits per heavy atom. The Kier molecular flexibility index (Phi) is 6.43. The van der Waals surface area contributed by atoms with Crippen LogP contribution >= 0.6 is 15.9 Å². The van der Waals surface area contributed by atoms with Crippen LogP contribution in [0.5, 0.6) is 17.2 Å². The second-order valence-corrected chi connectivity index (χ2v) is 10.3. The molecule has 37 heavy (non-hydrogen) atoms. The van der Waals surface area contributed by atoms with Crippen LogP contribution in [0.3, 0.4) is 0 Å². The molecule has 0 spiro atoms. The number of phenolic OH excluding ortho intramolecular Hbond substituents is 1. The highest BCUT2D eigenvalue weighted by molar-refractivity contribution is 9.12. The number of ether oxygens (including phenoxy) is 2. The SMILES string of the molecule is CCN1C(=O)C2CC=C3C(C=Cc4cc(OC)c(O)c(OC)c4)C4=C(CC3C2C1=O)C(=O)C(Br)=CC4=O. The number of likely N-dealkylation sites (tertiary alicyclic amines) is 1. The number of aromatic hydroxyl groups is 1. The van der Waals surface area contributed by atoms with E-state index in [2.05, 4.69) is 15.9 Å². The van der Waals surface area contributed by atoms with Gasteiger partial charge in [0, 0.05) is 29.7 Å². The van der Waals surface area contributed by atoms with E-state index in [4.69, 9.17) is 9.47 Å². The van der Waals surface area contributed by atoms with Crippen LogP contribution in [0.4, 0.5) is 0 Å². The first-order valence-corrected chi connectivity index (χ1v) is 12.9. The zero-order valence-electron chi connectivity index (χ0n) is 20.6. The van der Waals surface area contributed by atoms with Gasteiger partial charge in [0.15, 0.2) is 23.1 Å². The fourth-order valence-corrected chi connectivity index (χ4v) is 6.53. The summed E-state index contributed by atoms with van der Waals surface area (Å²) in [5.41, 5.74) is 2.31. The highest BCUT2D eigenvalue weighted by atomic mass is 79.9. The van der Waals surface area contributed by atoms with E-state index in [0.29, 0.717) is 29.7 Å². The van der Waals surface area contributed by atoms with Crippen LogP contribution in [0.15, 0.2) is 51.6 Å². The van der Waals surface area contributed by atoms with E-state index in [1.807, 2.05) is 12.2 Å². The summed E-state index contributed by atoms with van der Waals surface area (Å²) in [5.74, 6) is -2.51. The number of Topliss-reactive ketones (excluding diaryl/α,β-unsaturated/α-hetero) is 1. The summed E-state index contributed by atoms with van der Waals surface area (Å²) in [6.45, 7) is 2.08. The largest absolute Gasteiger partial charge is 0.502 e. The zero-order chi connectivity index (χ0) is 26.6. The van der Waals surface area contributed by atoms with Crippen LogP contribution in [0.2, 0.25) is 0 Å². The van der Waals surface area contributed by atoms with E-state index in [1.165, 1.54) is 25.2 Å². The summed E-state index contributed by atoms with van der Waals surface area (Å²) in [7, 11) is 2.87. The van der Waals surface area contributed by atoms with Gasteiger partial charge in [-0.3, -0.25) is 24.1 Å². The lowest BCUT2D eigenvalue weighted by atomic mass is 9.61. The molecule has 1 aromatic carbocycles. The van der Waals surface area contributed by atoms with Crippen molar-refractivity contribution < 1.29 is 33.8 Å². The number of amides is 2. The summed E-state index contributed by atoms with van der Waals surface area (Å²) in [6.07, 6.45) is 7.52. The first-order valence-electron chi connectivity index (χ1n) is 12.1. The van der Waals surface area contributed by atoms with E-state index in [9.17, 15) is 24.3 Å². The molecule has 1 N–H and O–H groups in total. The number of carbonyl (C=O) groups is 4. The van der Waals surface area contributed by atoms with Crippen LogP contribution in [-0.2, 0) is 19.2 Å². The summed E-state index contributed by atoms with van der Waals surface area (Å²) >= 11 is 3.22. The van der Waals surface area contributed by atoms with E-state index in [0.717, 1.165) is 5.57 Å². The van der Waals surface area contributed by atoms with Crippen molar-refractivity contribution in [3.63, 3.8) is 0 Å². The van der Waals surface area contributed by atoms with Crippen molar-refractivity contribution in [3.05, 3.63) is 57.1 Å². The molecule has 1 aliphatic heterocycles. The lowest BCUT2D eigenvalue weighted by Gasteiger charge is -2.41. The van der Waals surface area contributed by atoms with Crippen LogP contribution in [0.1, 0.15) is 25.3 Å². The monoisotopic (exact) mass is 567 g/mol. The zero-order valence-corrected chi connectivity index (χ0v) is 22.2. The predicted octanol–water partition coefficient (Wildman–Crippen LogP) is 3.74. The van der Waals surface area contributed by atoms with Gasteiger partial charge in [0.05, 0.1) is 30.5 Å². The van der Waals surface area contributed by atoms with Crippen LogP contribution in [-0.4, -0.2) is 54.2 Å². The van der Waals surface area contributed by atoms with Crippen molar-refractivity contribution in [2.24, 2.45) is 23.7 Å². The number of rotatable bonds is 5. The smallest absolute Gasteiger partial charge is 0.233 e. The molecule has 4 unspecified atom stereocenters. The number of halogens is 1. The highest BCUT2D eigenvalue weighted by Crippen LogP contribution is 2.53. The number of imide groups is 1. The molecule has 3 aliphatic carbocycles. The molecule has 192 valence electrons. The summed E-state index contributed by atoms with van der Waals surface area (Å²) in [5, 5.41) is 10.3. The first kappa shape index (κ1) is 25.2. The molecule has 0 radical (unpaired) electrons. The van der Waals surface area contributed by atoms with Gasteiger partial charge in [0.25, 0.3) is 0 Å². The van der Waals surface area contributed by atoms with Crippen molar-refractivity contribution in [2.75, 3.05) is 20.8 Å². The lowest BCUT2D eigenvalue weighted by molar-refractivity contribution is -0.139. The second-order valence-electron chi connectivity index (χ2n) is 9.49. The third-order valence-corrected chi connectivity index (χ3v) is 8.36. The minimum Gasteiger partial charge on any atom is -0.502 e. The van der Waals surface area contributed by atoms with Gasteiger partial charge in [-0.2, -0.15) is 0 Å².